The van der Waals surface area contributed by atoms with Crippen molar-refractivity contribution in [2.75, 3.05) is 13.7 Å². The summed E-state index contributed by atoms with van der Waals surface area (Å²) in [5.41, 5.74) is 1.06. The Balaban J connectivity index is 2.37. The molecule has 0 radical (unpaired) electrons. The lowest BCUT2D eigenvalue weighted by Crippen LogP contribution is -2.48. The molecule has 6 heteroatoms. The minimum absolute atomic E-state index is 0.171. The van der Waals surface area contributed by atoms with Gasteiger partial charge >= 0.3 is 12.0 Å². The summed E-state index contributed by atoms with van der Waals surface area (Å²) in [6.45, 7) is 3.93. The molecular weight excluding hydrogens is 272 g/mol. The van der Waals surface area contributed by atoms with Gasteiger partial charge in [-0.1, -0.05) is 26.0 Å². The van der Waals surface area contributed by atoms with E-state index in [0.29, 0.717) is 13.0 Å². The molecular formula is C15H22N2O4. The molecule has 0 aromatic heterocycles. The van der Waals surface area contributed by atoms with Crippen molar-refractivity contribution in [2.45, 2.75) is 26.3 Å². The second kappa shape index (κ2) is 8.14. The standard InChI is InChI=1S/C15H22N2O4/c1-10(2)13(14(18)19)17-15(20)16-9-8-11-4-6-12(21-3)7-5-11/h4-7,10,13H,8-9H2,1-3H3,(H,18,19)(H2,16,17,20)/t13-/m1/s1. The van der Waals surface area contributed by atoms with E-state index in [4.69, 9.17) is 9.84 Å². The summed E-state index contributed by atoms with van der Waals surface area (Å²) in [5.74, 6) is -0.421. The number of methoxy groups -OCH3 is 1. The van der Waals surface area contributed by atoms with Crippen molar-refractivity contribution in [3.05, 3.63) is 29.8 Å². The van der Waals surface area contributed by atoms with Gasteiger partial charge in [-0.3, -0.25) is 0 Å². The highest BCUT2D eigenvalue weighted by atomic mass is 16.5. The summed E-state index contributed by atoms with van der Waals surface area (Å²) in [6.07, 6.45) is 0.664. The third-order valence-electron chi connectivity index (χ3n) is 3.08. The molecule has 116 valence electrons. The lowest BCUT2D eigenvalue weighted by Gasteiger charge is -2.18. The summed E-state index contributed by atoms with van der Waals surface area (Å²) in [4.78, 5) is 22.6. The zero-order valence-electron chi connectivity index (χ0n) is 12.6. The zero-order chi connectivity index (χ0) is 15.8. The monoisotopic (exact) mass is 294 g/mol. The first kappa shape index (κ1) is 16.8. The average molecular weight is 294 g/mol. The summed E-state index contributed by atoms with van der Waals surface area (Å²) in [7, 11) is 1.61. The van der Waals surface area contributed by atoms with Gasteiger partial charge in [0.2, 0.25) is 0 Å². The van der Waals surface area contributed by atoms with Crippen LogP contribution in [0.3, 0.4) is 0 Å². The van der Waals surface area contributed by atoms with Crippen LogP contribution in [0.2, 0.25) is 0 Å². The number of benzene rings is 1. The number of carboxylic acid groups (broad SMARTS) is 1. The van der Waals surface area contributed by atoms with E-state index < -0.39 is 18.0 Å². The van der Waals surface area contributed by atoms with Crippen molar-refractivity contribution in [3.8, 4) is 5.75 Å². The summed E-state index contributed by atoms with van der Waals surface area (Å²) >= 11 is 0. The molecule has 0 spiro atoms. The Labute approximate surface area is 124 Å². The molecule has 6 nitrogen and oxygen atoms in total. The van der Waals surface area contributed by atoms with Gasteiger partial charge in [-0.15, -0.1) is 0 Å². The maximum atomic E-state index is 11.6. The van der Waals surface area contributed by atoms with Crippen molar-refractivity contribution >= 4 is 12.0 Å². The van der Waals surface area contributed by atoms with Gasteiger partial charge in [-0.05, 0) is 30.0 Å². The predicted molar refractivity (Wildman–Crippen MR) is 79.5 cm³/mol. The molecule has 0 heterocycles. The number of nitrogens with one attached hydrogen (secondary N) is 2. The van der Waals surface area contributed by atoms with Crippen LogP contribution in [0.25, 0.3) is 0 Å². The molecule has 0 aliphatic rings. The SMILES string of the molecule is COc1ccc(CCNC(=O)N[C@@H](C(=O)O)C(C)C)cc1. The van der Waals surface area contributed by atoms with E-state index >= 15 is 0 Å². The van der Waals surface area contributed by atoms with E-state index in [-0.39, 0.29) is 5.92 Å². The van der Waals surface area contributed by atoms with Gasteiger partial charge in [-0.2, -0.15) is 0 Å². The number of aliphatic carboxylic acids is 1. The minimum atomic E-state index is -1.03. The number of carbonyl (C=O) groups is 2. The normalized spacial score (nSPS) is 11.8. The Kier molecular flexibility index (Phi) is 6.52. The fraction of sp³-hybridized carbons (Fsp3) is 0.467. The second-order valence-electron chi connectivity index (χ2n) is 5.06. The first-order valence-electron chi connectivity index (χ1n) is 6.84. The molecule has 0 saturated carbocycles. The highest BCUT2D eigenvalue weighted by molar-refractivity contribution is 5.82. The van der Waals surface area contributed by atoms with E-state index in [0.717, 1.165) is 11.3 Å². The minimum Gasteiger partial charge on any atom is -0.497 e. The summed E-state index contributed by atoms with van der Waals surface area (Å²) < 4.78 is 5.07. The van der Waals surface area contributed by atoms with E-state index in [9.17, 15) is 9.59 Å². The molecule has 0 fully saturated rings. The van der Waals surface area contributed by atoms with Crippen LogP contribution < -0.4 is 15.4 Å². The molecule has 1 atom stereocenters. The molecule has 3 N–H and O–H groups in total. The Morgan fingerprint density at radius 3 is 2.33 bits per heavy atom. The number of hydrogen-bond acceptors (Lipinski definition) is 3. The smallest absolute Gasteiger partial charge is 0.326 e. The van der Waals surface area contributed by atoms with Gasteiger partial charge < -0.3 is 20.5 Å². The van der Waals surface area contributed by atoms with Crippen LogP contribution in [0, 0.1) is 5.92 Å². The van der Waals surface area contributed by atoms with Gasteiger partial charge in [0.15, 0.2) is 0 Å². The second-order valence-corrected chi connectivity index (χ2v) is 5.06. The molecule has 0 saturated heterocycles. The number of carbonyl (C=O) groups excluding carboxylic acids is 1. The Morgan fingerprint density at radius 2 is 1.86 bits per heavy atom. The summed E-state index contributed by atoms with van der Waals surface area (Å²) in [6, 6.07) is 6.21. The van der Waals surface area contributed by atoms with Crippen LogP contribution in [0.15, 0.2) is 24.3 Å². The maximum Gasteiger partial charge on any atom is 0.326 e. The third kappa shape index (κ3) is 5.72. The fourth-order valence-corrected chi connectivity index (χ4v) is 1.82. The number of hydrogen-bond donors (Lipinski definition) is 3. The number of ether oxygens (including phenoxy) is 1. The largest absolute Gasteiger partial charge is 0.497 e. The van der Waals surface area contributed by atoms with Crippen LogP contribution in [0.1, 0.15) is 19.4 Å². The van der Waals surface area contributed by atoms with Crippen molar-refractivity contribution in [1.29, 1.82) is 0 Å². The number of carboxylic acids is 1. The molecule has 21 heavy (non-hydrogen) atoms. The number of rotatable bonds is 7. The lowest BCUT2D eigenvalue weighted by atomic mass is 10.1. The maximum absolute atomic E-state index is 11.6. The van der Waals surface area contributed by atoms with Gasteiger partial charge in [0.1, 0.15) is 11.8 Å². The number of amides is 2. The molecule has 1 rings (SSSR count). The Bertz CT molecular complexity index is 471. The van der Waals surface area contributed by atoms with E-state index in [1.165, 1.54) is 0 Å². The molecule has 0 unspecified atom stereocenters. The molecule has 0 bridgehead atoms. The average Bonchev–Trinajstić information content (AvgIpc) is 2.45. The topological polar surface area (TPSA) is 87.7 Å². The predicted octanol–water partition coefficient (Wildman–Crippen LogP) is 1.65. The van der Waals surface area contributed by atoms with E-state index in [2.05, 4.69) is 10.6 Å². The van der Waals surface area contributed by atoms with Crippen molar-refractivity contribution in [1.82, 2.24) is 10.6 Å². The van der Waals surface area contributed by atoms with E-state index in [1.807, 2.05) is 24.3 Å². The Morgan fingerprint density at radius 1 is 1.24 bits per heavy atom. The molecule has 1 aromatic carbocycles. The lowest BCUT2D eigenvalue weighted by molar-refractivity contribution is -0.140. The highest BCUT2D eigenvalue weighted by Gasteiger charge is 2.22. The van der Waals surface area contributed by atoms with E-state index in [1.54, 1.807) is 21.0 Å². The van der Waals surface area contributed by atoms with Crippen LogP contribution in [0.4, 0.5) is 4.79 Å². The van der Waals surface area contributed by atoms with Crippen LogP contribution in [0.5, 0.6) is 5.75 Å². The van der Waals surface area contributed by atoms with Gasteiger partial charge in [0.25, 0.3) is 0 Å². The number of urea groups is 1. The van der Waals surface area contributed by atoms with Crippen LogP contribution in [-0.2, 0) is 11.2 Å². The van der Waals surface area contributed by atoms with Crippen molar-refractivity contribution in [3.63, 3.8) is 0 Å². The first-order chi connectivity index (χ1) is 9.93. The van der Waals surface area contributed by atoms with Gasteiger partial charge in [0.05, 0.1) is 7.11 Å². The molecule has 2 amide bonds. The molecule has 0 aliphatic carbocycles. The molecule has 0 aliphatic heterocycles. The third-order valence-corrected chi connectivity index (χ3v) is 3.08. The van der Waals surface area contributed by atoms with Crippen LogP contribution in [-0.4, -0.2) is 36.8 Å². The quantitative estimate of drug-likeness (QED) is 0.713. The summed E-state index contributed by atoms with van der Waals surface area (Å²) in [5, 5.41) is 14.1. The van der Waals surface area contributed by atoms with Crippen molar-refractivity contribution in [2.24, 2.45) is 5.92 Å². The van der Waals surface area contributed by atoms with Gasteiger partial charge in [0, 0.05) is 6.54 Å². The molecule has 1 aromatic rings. The highest BCUT2D eigenvalue weighted by Crippen LogP contribution is 2.11. The van der Waals surface area contributed by atoms with Crippen LogP contribution >= 0.6 is 0 Å². The fourth-order valence-electron chi connectivity index (χ4n) is 1.82. The van der Waals surface area contributed by atoms with Gasteiger partial charge in [-0.25, -0.2) is 9.59 Å². The first-order valence-corrected chi connectivity index (χ1v) is 6.84. The Hall–Kier alpha value is -2.24. The van der Waals surface area contributed by atoms with Crippen molar-refractivity contribution < 1.29 is 19.4 Å². The zero-order valence-corrected chi connectivity index (χ0v) is 12.6.